The standard InChI is InChI=1S/C27H29Cl2NO3/c1-5-32-25-13-7-18(26(31)30-16-19-6-10-22(28)15-24(19)29)14-20(25)17-33-23-11-8-21(9-12-23)27(2,3)4/h6-15H,5,16-17H2,1-4H3,(H,30,31). The number of ether oxygens (including phenoxy) is 2. The SMILES string of the molecule is CCOc1ccc(C(=O)NCc2ccc(Cl)cc2Cl)cc1COc1ccc(C(C)(C)C)cc1. The Kier molecular flexibility index (Phi) is 8.28. The summed E-state index contributed by atoms with van der Waals surface area (Å²) in [7, 11) is 0. The molecule has 0 fully saturated rings. The molecule has 0 aliphatic rings. The highest BCUT2D eigenvalue weighted by atomic mass is 35.5. The zero-order chi connectivity index (χ0) is 24.0. The Hall–Kier alpha value is -2.69. The molecule has 0 spiro atoms. The minimum Gasteiger partial charge on any atom is -0.493 e. The van der Waals surface area contributed by atoms with E-state index in [2.05, 4.69) is 38.2 Å². The molecule has 0 aliphatic carbocycles. The van der Waals surface area contributed by atoms with E-state index >= 15 is 0 Å². The smallest absolute Gasteiger partial charge is 0.251 e. The minimum absolute atomic E-state index is 0.0819. The molecule has 0 bridgehead atoms. The quantitative estimate of drug-likeness (QED) is 0.366. The van der Waals surface area contributed by atoms with Crippen LogP contribution in [0.4, 0.5) is 0 Å². The summed E-state index contributed by atoms with van der Waals surface area (Å²) in [6.07, 6.45) is 0. The molecular weight excluding hydrogens is 457 g/mol. The van der Waals surface area contributed by atoms with Crippen LogP contribution in [0.2, 0.25) is 10.0 Å². The van der Waals surface area contributed by atoms with Crippen LogP contribution in [0.3, 0.4) is 0 Å². The van der Waals surface area contributed by atoms with Crippen LogP contribution >= 0.6 is 23.2 Å². The first-order valence-electron chi connectivity index (χ1n) is 10.9. The summed E-state index contributed by atoms with van der Waals surface area (Å²) in [6.45, 7) is 9.56. The fourth-order valence-corrected chi connectivity index (χ4v) is 3.76. The van der Waals surface area contributed by atoms with Crippen molar-refractivity contribution in [1.82, 2.24) is 5.32 Å². The lowest BCUT2D eigenvalue weighted by Gasteiger charge is -2.19. The first kappa shape index (κ1) is 24.9. The van der Waals surface area contributed by atoms with Crippen molar-refractivity contribution in [3.8, 4) is 11.5 Å². The molecule has 0 saturated heterocycles. The van der Waals surface area contributed by atoms with Gasteiger partial charge in [0.25, 0.3) is 5.91 Å². The van der Waals surface area contributed by atoms with Crippen LogP contribution in [-0.4, -0.2) is 12.5 Å². The number of hydrogen-bond acceptors (Lipinski definition) is 3. The van der Waals surface area contributed by atoms with Crippen molar-refractivity contribution in [2.75, 3.05) is 6.61 Å². The molecule has 0 aliphatic heterocycles. The Morgan fingerprint density at radius 3 is 2.27 bits per heavy atom. The van der Waals surface area contributed by atoms with Gasteiger partial charge in [0.05, 0.1) is 6.61 Å². The van der Waals surface area contributed by atoms with Gasteiger partial charge in [-0.05, 0) is 65.9 Å². The van der Waals surface area contributed by atoms with E-state index < -0.39 is 0 Å². The predicted molar refractivity (Wildman–Crippen MR) is 135 cm³/mol. The molecule has 3 aromatic rings. The van der Waals surface area contributed by atoms with Crippen molar-refractivity contribution in [3.63, 3.8) is 0 Å². The average molecular weight is 486 g/mol. The third-order valence-corrected chi connectivity index (χ3v) is 5.78. The second-order valence-corrected chi connectivity index (χ2v) is 9.58. The van der Waals surface area contributed by atoms with Crippen molar-refractivity contribution in [2.24, 2.45) is 0 Å². The van der Waals surface area contributed by atoms with E-state index in [4.69, 9.17) is 32.7 Å². The van der Waals surface area contributed by atoms with Gasteiger partial charge < -0.3 is 14.8 Å². The van der Waals surface area contributed by atoms with Crippen molar-refractivity contribution >= 4 is 29.1 Å². The highest BCUT2D eigenvalue weighted by Crippen LogP contribution is 2.27. The molecule has 4 nitrogen and oxygen atoms in total. The van der Waals surface area contributed by atoms with Crippen LogP contribution in [0.25, 0.3) is 0 Å². The Labute approximate surface area is 205 Å². The van der Waals surface area contributed by atoms with E-state index in [0.29, 0.717) is 34.5 Å². The molecular formula is C27H29Cl2NO3. The monoisotopic (exact) mass is 485 g/mol. The van der Waals surface area contributed by atoms with E-state index in [9.17, 15) is 4.79 Å². The normalized spacial score (nSPS) is 11.2. The summed E-state index contributed by atoms with van der Waals surface area (Å²) in [5, 5.41) is 3.97. The number of hydrogen-bond donors (Lipinski definition) is 1. The van der Waals surface area contributed by atoms with Crippen LogP contribution in [0.5, 0.6) is 11.5 Å². The van der Waals surface area contributed by atoms with Crippen molar-refractivity contribution in [1.29, 1.82) is 0 Å². The zero-order valence-electron chi connectivity index (χ0n) is 19.4. The second kappa shape index (κ2) is 11.0. The largest absolute Gasteiger partial charge is 0.493 e. The summed E-state index contributed by atoms with van der Waals surface area (Å²) in [4.78, 5) is 12.8. The lowest BCUT2D eigenvalue weighted by Crippen LogP contribution is -2.23. The minimum atomic E-state index is -0.208. The summed E-state index contributed by atoms with van der Waals surface area (Å²) < 4.78 is 11.7. The van der Waals surface area contributed by atoms with Crippen LogP contribution in [0, 0.1) is 0 Å². The number of carbonyl (C=O) groups is 1. The van der Waals surface area contributed by atoms with Gasteiger partial charge in [-0.2, -0.15) is 0 Å². The van der Waals surface area contributed by atoms with Crippen molar-refractivity contribution in [2.45, 2.75) is 46.3 Å². The van der Waals surface area contributed by atoms with E-state index in [-0.39, 0.29) is 17.9 Å². The Morgan fingerprint density at radius 2 is 1.64 bits per heavy atom. The Morgan fingerprint density at radius 1 is 0.909 bits per heavy atom. The Bertz CT molecular complexity index is 1110. The van der Waals surface area contributed by atoms with E-state index in [1.54, 1.807) is 36.4 Å². The summed E-state index contributed by atoms with van der Waals surface area (Å²) in [6, 6.07) is 18.6. The predicted octanol–water partition coefficient (Wildman–Crippen LogP) is 7.20. The molecule has 0 atom stereocenters. The van der Waals surface area contributed by atoms with Crippen molar-refractivity contribution < 1.29 is 14.3 Å². The second-order valence-electron chi connectivity index (χ2n) is 8.74. The third kappa shape index (κ3) is 6.89. The van der Waals surface area contributed by atoms with E-state index in [0.717, 1.165) is 16.9 Å². The number of rotatable bonds is 8. The molecule has 3 rings (SSSR count). The average Bonchev–Trinajstić information content (AvgIpc) is 2.77. The van der Waals surface area contributed by atoms with E-state index in [1.807, 2.05) is 19.1 Å². The first-order valence-corrected chi connectivity index (χ1v) is 11.6. The number of carbonyl (C=O) groups excluding carboxylic acids is 1. The maximum Gasteiger partial charge on any atom is 0.251 e. The molecule has 6 heteroatoms. The summed E-state index contributed by atoms with van der Waals surface area (Å²) in [5.74, 6) is 1.25. The third-order valence-electron chi connectivity index (χ3n) is 5.19. The van der Waals surface area contributed by atoms with Crippen LogP contribution < -0.4 is 14.8 Å². The topological polar surface area (TPSA) is 47.6 Å². The number of benzene rings is 3. The number of nitrogens with one attached hydrogen (secondary N) is 1. The number of amides is 1. The van der Waals surface area contributed by atoms with Gasteiger partial charge in [0.15, 0.2) is 0 Å². The number of halogens is 2. The van der Waals surface area contributed by atoms with Gasteiger partial charge in [-0.1, -0.05) is 62.2 Å². The van der Waals surface area contributed by atoms with Gasteiger partial charge >= 0.3 is 0 Å². The molecule has 0 aromatic heterocycles. The van der Waals surface area contributed by atoms with Gasteiger partial charge in [0, 0.05) is 27.7 Å². The molecule has 33 heavy (non-hydrogen) atoms. The first-order chi connectivity index (χ1) is 15.7. The molecule has 0 radical (unpaired) electrons. The highest BCUT2D eigenvalue weighted by molar-refractivity contribution is 6.35. The van der Waals surface area contributed by atoms with Gasteiger partial charge in [0.2, 0.25) is 0 Å². The molecule has 1 N–H and O–H groups in total. The fourth-order valence-electron chi connectivity index (χ4n) is 3.28. The lowest BCUT2D eigenvalue weighted by molar-refractivity contribution is 0.0950. The van der Waals surface area contributed by atoms with Crippen LogP contribution in [0.15, 0.2) is 60.7 Å². The molecule has 174 valence electrons. The molecule has 0 heterocycles. The van der Waals surface area contributed by atoms with Gasteiger partial charge in [0.1, 0.15) is 18.1 Å². The van der Waals surface area contributed by atoms with Crippen molar-refractivity contribution in [3.05, 3.63) is 93.0 Å². The zero-order valence-corrected chi connectivity index (χ0v) is 20.9. The molecule has 3 aromatic carbocycles. The molecule has 0 unspecified atom stereocenters. The lowest BCUT2D eigenvalue weighted by atomic mass is 9.87. The van der Waals surface area contributed by atoms with E-state index in [1.165, 1.54) is 5.56 Å². The van der Waals surface area contributed by atoms with Gasteiger partial charge in [-0.3, -0.25) is 4.79 Å². The summed E-state index contributed by atoms with van der Waals surface area (Å²) >= 11 is 12.1. The molecule has 1 amide bonds. The Balaban J connectivity index is 1.71. The highest BCUT2D eigenvalue weighted by Gasteiger charge is 2.14. The molecule has 0 saturated carbocycles. The van der Waals surface area contributed by atoms with Crippen LogP contribution in [-0.2, 0) is 18.6 Å². The van der Waals surface area contributed by atoms with Gasteiger partial charge in [-0.25, -0.2) is 0 Å². The van der Waals surface area contributed by atoms with Gasteiger partial charge in [-0.15, -0.1) is 0 Å². The van der Waals surface area contributed by atoms with Crippen LogP contribution in [0.1, 0.15) is 54.7 Å². The summed E-state index contributed by atoms with van der Waals surface area (Å²) in [5.41, 5.74) is 3.43. The maximum atomic E-state index is 12.8. The fraction of sp³-hybridized carbons (Fsp3) is 0.296. The maximum absolute atomic E-state index is 12.8.